The lowest BCUT2D eigenvalue weighted by molar-refractivity contribution is -0.140. The molecule has 2 atom stereocenters. The molecule has 0 aromatic carbocycles. The monoisotopic (exact) mass is 282 g/mol. The zero-order valence-corrected chi connectivity index (χ0v) is 11.5. The average molecular weight is 282 g/mol. The summed E-state index contributed by atoms with van der Waals surface area (Å²) >= 11 is 0. The number of anilines is 1. The summed E-state index contributed by atoms with van der Waals surface area (Å²) in [6.45, 7) is 4.38. The van der Waals surface area contributed by atoms with E-state index in [0.29, 0.717) is 6.54 Å². The quantitative estimate of drug-likeness (QED) is 0.837. The SMILES string of the molecule is CCOC(=O)c1coc(N2CCCC(C)C2C(=O)O)n1. The van der Waals surface area contributed by atoms with Crippen molar-refractivity contribution in [2.75, 3.05) is 18.1 Å². The summed E-state index contributed by atoms with van der Waals surface area (Å²) in [6.07, 6.45) is 2.91. The Morgan fingerprint density at radius 1 is 1.60 bits per heavy atom. The molecule has 0 amide bonds. The van der Waals surface area contributed by atoms with Gasteiger partial charge in [-0.15, -0.1) is 0 Å². The van der Waals surface area contributed by atoms with E-state index >= 15 is 0 Å². The number of aliphatic carboxylic acids is 1. The van der Waals surface area contributed by atoms with Gasteiger partial charge in [-0.25, -0.2) is 9.59 Å². The summed E-state index contributed by atoms with van der Waals surface area (Å²) in [5, 5.41) is 9.34. The molecule has 1 N–H and O–H groups in total. The minimum Gasteiger partial charge on any atom is -0.480 e. The molecule has 7 heteroatoms. The lowest BCUT2D eigenvalue weighted by Crippen LogP contribution is -2.49. The normalized spacial score (nSPS) is 22.6. The lowest BCUT2D eigenvalue weighted by atomic mass is 9.91. The molecule has 0 bridgehead atoms. The van der Waals surface area contributed by atoms with E-state index in [2.05, 4.69) is 4.98 Å². The average Bonchev–Trinajstić information content (AvgIpc) is 2.87. The van der Waals surface area contributed by atoms with Crippen molar-refractivity contribution in [1.29, 1.82) is 0 Å². The Kier molecular flexibility index (Phi) is 4.26. The van der Waals surface area contributed by atoms with E-state index in [-0.39, 0.29) is 24.2 Å². The minimum absolute atomic E-state index is 0.000747. The molecule has 20 heavy (non-hydrogen) atoms. The third-order valence-electron chi connectivity index (χ3n) is 3.41. The molecule has 0 radical (unpaired) electrons. The Labute approximate surface area is 116 Å². The van der Waals surface area contributed by atoms with Gasteiger partial charge >= 0.3 is 11.9 Å². The number of piperidine rings is 1. The standard InChI is InChI=1S/C13H18N2O5/c1-3-19-12(18)9-7-20-13(14-9)15-6-4-5-8(2)10(15)11(16)17/h7-8,10H,3-6H2,1-2H3,(H,16,17). The molecule has 1 aliphatic heterocycles. The van der Waals surface area contributed by atoms with Crippen LogP contribution in [0.15, 0.2) is 10.7 Å². The van der Waals surface area contributed by atoms with Gasteiger partial charge in [-0.3, -0.25) is 0 Å². The van der Waals surface area contributed by atoms with Crippen LogP contribution in [0.1, 0.15) is 37.2 Å². The maximum absolute atomic E-state index is 11.5. The highest BCUT2D eigenvalue weighted by atomic mass is 16.5. The number of rotatable bonds is 4. The van der Waals surface area contributed by atoms with Gasteiger partial charge < -0.3 is 19.2 Å². The van der Waals surface area contributed by atoms with Crippen LogP contribution in [0.25, 0.3) is 0 Å². The zero-order chi connectivity index (χ0) is 14.7. The van der Waals surface area contributed by atoms with Crippen LogP contribution in [0.5, 0.6) is 0 Å². The van der Waals surface area contributed by atoms with E-state index in [1.807, 2.05) is 6.92 Å². The Morgan fingerprint density at radius 3 is 3.00 bits per heavy atom. The molecule has 1 saturated heterocycles. The maximum atomic E-state index is 11.5. The van der Waals surface area contributed by atoms with Crippen LogP contribution < -0.4 is 4.90 Å². The second-order valence-corrected chi connectivity index (χ2v) is 4.83. The number of aromatic nitrogens is 1. The fraction of sp³-hybridized carbons (Fsp3) is 0.615. The van der Waals surface area contributed by atoms with E-state index in [1.54, 1.807) is 11.8 Å². The number of carbonyl (C=O) groups excluding carboxylic acids is 1. The third-order valence-corrected chi connectivity index (χ3v) is 3.41. The number of carboxylic acid groups (broad SMARTS) is 1. The predicted molar refractivity (Wildman–Crippen MR) is 69.6 cm³/mol. The lowest BCUT2D eigenvalue weighted by Gasteiger charge is -2.36. The summed E-state index contributed by atoms with van der Waals surface area (Å²) in [4.78, 5) is 28.6. The van der Waals surface area contributed by atoms with Crippen molar-refractivity contribution in [3.63, 3.8) is 0 Å². The number of esters is 1. The summed E-state index contributed by atoms with van der Waals surface area (Å²) < 4.78 is 10.1. The van der Waals surface area contributed by atoms with Gasteiger partial charge in [0, 0.05) is 6.54 Å². The second kappa shape index (κ2) is 5.94. The molecule has 1 aromatic heterocycles. The van der Waals surface area contributed by atoms with Gasteiger partial charge in [0.25, 0.3) is 6.01 Å². The number of carboxylic acids is 1. The van der Waals surface area contributed by atoms with Gasteiger partial charge in [0.15, 0.2) is 5.69 Å². The largest absolute Gasteiger partial charge is 0.480 e. The zero-order valence-electron chi connectivity index (χ0n) is 11.5. The molecule has 0 saturated carbocycles. The first kappa shape index (κ1) is 14.4. The number of ether oxygens (including phenoxy) is 1. The Morgan fingerprint density at radius 2 is 2.35 bits per heavy atom. The molecule has 7 nitrogen and oxygen atoms in total. The first-order chi connectivity index (χ1) is 9.54. The van der Waals surface area contributed by atoms with Crippen molar-refractivity contribution in [2.24, 2.45) is 5.92 Å². The molecular formula is C13H18N2O5. The molecule has 1 fully saturated rings. The third kappa shape index (κ3) is 2.76. The highest BCUT2D eigenvalue weighted by molar-refractivity contribution is 5.87. The summed E-state index contributed by atoms with van der Waals surface area (Å²) in [6, 6.07) is -0.524. The van der Waals surface area contributed by atoms with E-state index in [9.17, 15) is 14.7 Å². The number of oxazole rings is 1. The molecule has 0 spiro atoms. The topological polar surface area (TPSA) is 92.9 Å². The molecule has 0 aliphatic carbocycles. The van der Waals surface area contributed by atoms with Crippen molar-refractivity contribution in [2.45, 2.75) is 32.7 Å². The maximum Gasteiger partial charge on any atom is 0.360 e. The van der Waals surface area contributed by atoms with Crippen LogP contribution in [-0.4, -0.2) is 41.2 Å². The van der Waals surface area contributed by atoms with E-state index in [1.165, 1.54) is 6.26 Å². The van der Waals surface area contributed by atoms with Gasteiger partial charge in [-0.2, -0.15) is 4.98 Å². The van der Waals surface area contributed by atoms with Crippen LogP contribution in [0, 0.1) is 5.92 Å². The summed E-state index contributed by atoms with van der Waals surface area (Å²) in [5.41, 5.74) is 0.0595. The highest BCUT2D eigenvalue weighted by Crippen LogP contribution is 2.28. The molecule has 1 aliphatic rings. The molecule has 2 heterocycles. The molecular weight excluding hydrogens is 264 g/mol. The van der Waals surface area contributed by atoms with Crippen LogP contribution in [0.4, 0.5) is 6.01 Å². The van der Waals surface area contributed by atoms with Crippen molar-refractivity contribution >= 4 is 18.0 Å². The van der Waals surface area contributed by atoms with Crippen LogP contribution >= 0.6 is 0 Å². The van der Waals surface area contributed by atoms with Crippen molar-refractivity contribution in [1.82, 2.24) is 4.98 Å². The van der Waals surface area contributed by atoms with E-state index in [0.717, 1.165) is 12.8 Å². The van der Waals surface area contributed by atoms with E-state index in [4.69, 9.17) is 9.15 Å². The number of carbonyl (C=O) groups is 2. The van der Waals surface area contributed by atoms with Gasteiger partial charge in [0.1, 0.15) is 12.3 Å². The highest BCUT2D eigenvalue weighted by Gasteiger charge is 2.36. The van der Waals surface area contributed by atoms with E-state index < -0.39 is 18.0 Å². The van der Waals surface area contributed by atoms with Crippen LogP contribution in [0.2, 0.25) is 0 Å². The van der Waals surface area contributed by atoms with Crippen molar-refractivity contribution < 1.29 is 23.8 Å². The molecule has 2 unspecified atom stereocenters. The molecule has 1 aromatic rings. The van der Waals surface area contributed by atoms with Crippen LogP contribution in [-0.2, 0) is 9.53 Å². The Bertz CT molecular complexity index is 499. The summed E-state index contributed by atoms with van der Waals surface area (Å²) in [5.74, 6) is -1.48. The Hall–Kier alpha value is -2.05. The Balaban J connectivity index is 2.21. The fourth-order valence-electron chi connectivity index (χ4n) is 2.47. The second-order valence-electron chi connectivity index (χ2n) is 4.83. The smallest absolute Gasteiger partial charge is 0.360 e. The molecule has 2 rings (SSSR count). The van der Waals surface area contributed by atoms with Gasteiger partial charge in [-0.1, -0.05) is 6.92 Å². The molecule has 110 valence electrons. The number of hydrogen-bond donors (Lipinski definition) is 1. The fourth-order valence-corrected chi connectivity index (χ4v) is 2.47. The number of nitrogens with zero attached hydrogens (tertiary/aromatic N) is 2. The van der Waals surface area contributed by atoms with Gasteiger partial charge in [0.2, 0.25) is 0 Å². The first-order valence-electron chi connectivity index (χ1n) is 6.66. The predicted octanol–water partition coefficient (Wildman–Crippen LogP) is 1.54. The van der Waals surface area contributed by atoms with Crippen molar-refractivity contribution in [3.05, 3.63) is 12.0 Å². The first-order valence-corrected chi connectivity index (χ1v) is 6.66. The summed E-state index contributed by atoms with van der Waals surface area (Å²) in [7, 11) is 0. The van der Waals surface area contributed by atoms with Crippen molar-refractivity contribution in [3.8, 4) is 0 Å². The van der Waals surface area contributed by atoms with Gasteiger partial charge in [-0.05, 0) is 25.7 Å². The van der Waals surface area contributed by atoms with Gasteiger partial charge in [0.05, 0.1) is 6.61 Å². The number of hydrogen-bond acceptors (Lipinski definition) is 6. The minimum atomic E-state index is -0.909. The van der Waals surface area contributed by atoms with Crippen LogP contribution in [0.3, 0.4) is 0 Å².